The number of benzene rings is 1. The first-order chi connectivity index (χ1) is 5.59. The molecule has 0 aliphatic rings. The summed E-state index contributed by atoms with van der Waals surface area (Å²) in [5, 5.41) is 19.6. The van der Waals surface area contributed by atoms with Crippen molar-refractivity contribution in [3.63, 3.8) is 0 Å². The Hall–Kier alpha value is -1.71. The Bertz CT molecular complexity index is 309. The lowest BCUT2D eigenvalue weighted by atomic mass is 10.2. The highest BCUT2D eigenvalue weighted by atomic mass is 16.4. The van der Waals surface area contributed by atoms with E-state index < -0.39 is 6.09 Å². The molecule has 1 aromatic rings. The minimum atomic E-state index is -1.11. The minimum absolute atomic E-state index is 0.158. The number of hydrogen-bond acceptors (Lipinski definition) is 2. The molecular weight excluding hydrogens is 158 g/mol. The summed E-state index contributed by atoms with van der Waals surface area (Å²) >= 11 is 0. The van der Waals surface area contributed by atoms with Crippen molar-refractivity contribution in [1.29, 1.82) is 0 Å². The lowest BCUT2D eigenvalue weighted by molar-refractivity contribution is 0.209. The van der Waals surface area contributed by atoms with Crippen LogP contribution in [0.3, 0.4) is 0 Å². The molecular formula is C8H9NO3. The Kier molecular flexibility index (Phi) is 2.19. The molecule has 0 aliphatic heterocycles. The quantitative estimate of drug-likeness (QED) is 0.558. The SMILES string of the molecule is Cc1cc(NC(=O)O)ccc1O. The fourth-order valence-corrected chi connectivity index (χ4v) is 0.857. The molecule has 0 unspecified atom stereocenters. The van der Waals surface area contributed by atoms with Crippen LogP contribution in [0.5, 0.6) is 5.75 Å². The molecule has 0 aliphatic carbocycles. The molecule has 0 radical (unpaired) electrons. The van der Waals surface area contributed by atoms with E-state index in [9.17, 15) is 4.79 Å². The molecule has 0 saturated carbocycles. The van der Waals surface area contributed by atoms with Crippen LogP contribution < -0.4 is 5.32 Å². The first kappa shape index (κ1) is 8.39. The van der Waals surface area contributed by atoms with Gasteiger partial charge in [0.05, 0.1) is 0 Å². The molecule has 4 heteroatoms. The third-order valence-corrected chi connectivity index (χ3v) is 1.45. The summed E-state index contributed by atoms with van der Waals surface area (Å²) in [5.41, 5.74) is 1.10. The molecule has 0 heterocycles. The van der Waals surface area contributed by atoms with Crippen molar-refractivity contribution in [2.75, 3.05) is 5.32 Å². The molecule has 0 aromatic heterocycles. The highest BCUT2D eigenvalue weighted by Crippen LogP contribution is 2.19. The molecule has 1 rings (SSSR count). The van der Waals surface area contributed by atoms with Gasteiger partial charge in [-0.2, -0.15) is 0 Å². The highest BCUT2D eigenvalue weighted by Gasteiger charge is 1.99. The van der Waals surface area contributed by atoms with Crippen LogP contribution in [0.1, 0.15) is 5.56 Å². The number of phenolic OH excluding ortho intramolecular Hbond substituents is 1. The van der Waals surface area contributed by atoms with E-state index in [1.54, 1.807) is 13.0 Å². The van der Waals surface area contributed by atoms with Crippen molar-refractivity contribution >= 4 is 11.8 Å². The number of aryl methyl sites for hydroxylation is 1. The summed E-state index contributed by atoms with van der Waals surface area (Å²) in [5.74, 6) is 0.158. The van der Waals surface area contributed by atoms with E-state index in [1.165, 1.54) is 12.1 Å². The second kappa shape index (κ2) is 3.13. The lowest BCUT2D eigenvalue weighted by Gasteiger charge is -2.02. The Morgan fingerprint density at radius 1 is 1.50 bits per heavy atom. The van der Waals surface area contributed by atoms with Gasteiger partial charge in [-0.15, -0.1) is 0 Å². The van der Waals surface area contributed by atoms with Crippen molar-refractivity contribution in [2.24, 2.45) is 0 Å². The van der Waals surface area contributed by atoms with Crippen molar-refractivity contribution in [1.82, 2.24) is 0 Å². The van der Waals surface area contributed by atoms with E-state index >= 15 is 0 Å². The summed E-state index contributed by atoms with van der Waals surface area (Å²) in [6.07, 6.45) is -1.11. The second-order valence-electron chi connectivity index (χ2n) is 2.43. The van der Waals surface area contributed by atoms with Crippen LogP contribution in [0.15, 0.2) is 18.2 Å². The summed E-state index contributed by atoms with van der Waals surface area (Å²) < 4.78 is 0. The highest BCUT2D eigenvalue weighted by molar-refractivity contribution is 5.83. The first-order valence-corrected chi connectivity index (χ1v) is 3.39. The van der Waals surface area contributed by atoms with Gasteiger partial charge >= 0.3 is 6.09 Å². The van der Waals surface area contributed by atoms with Crippen LogP contribution in [0.4, 0.5) is 10.5 Å². The number of hydrogen-bond donors (Lipinski definition) is 3. The number of anilines is 1. The molecule has 0 fully saturated rings. The lowest BCUT2D eigenvalue weighted by Crippen LogP contribution is -2.06. The van der Waals surface area contributed by atoms with Crippen LogP contribution >= 0.6 is 0 Å². The molecule has 12 heavy (non-hydrogen) atoms. The van der Waals surface area contributed by atoms with Gasteiger partial charge in [0, 0.05) is 5.69 Å². The molecule has 1 aromatic carbocycles. The zero-order valence-electron chi connectivity index (χ0n) is 6.53. The van der Waals surface area contributed by atoms with Gasteiger partial charge in [0.1, 0.15) is 5.75 Å². The number of nitrogens with one attached hydrogen (secondary N) is 1. The van der Waals surface area contributed by atoms with E-state index in [0.717, 1.165) is 0 Å². The maximum absolute atomic E-state index is 10.2. The van der Waals surface area contributed by atoms with Crippen molar-refractivity contribution in [2.45, 2.75) is 6.92 Å². The second-order valence-corrected chi connectivity index (χ2v) is 2.43. The maximum atomic E-state index is 10.2. The van der Waals surface area contributed by atoms with Crippen LogP contribution in [0.25, 0.3) is 0 Å². The van der Waals surface area contributed by atoms with Gasteiger partial charge in [0.15, 0.2) is 0 Å². The number of rotatable bonds is 1. The van der Waals surface area contributed by atoms with Crippen molar-refractivity contribution < 1.29 is 15.0 Å². The Morgan fingerprint density at radius 3 is 2.67 bits per heavy atom. The van der Waals surface area contributed by atoms with Crippen LogP contribution in [-0.2, 0) is 0 Å². The topological polar surface area (TPSA) is 69.6 Å². The van der Waals surface area contributed by atoms with Crippen LogP contribution in [-0.4, -0.2) is 16.3 Å². The zero-order chi connectivity index (χ0) is 9.14. The molecule has 0 spiro atoms. The van der Waals surface area contributed by atoms with Gasteiger partial charge in [-0.25, -0.2) is 4.79 Å². The molecule has 64 valence electrons. The smallest absolute Gasteiger partial charge is 0.409 e. The summed E-state index contributed by atoms with van der Waals surface area (Å²) in [7, 11) is 0. The molecule has 0 bridgehead atoms. The first-order valence-electron chi connectivity index (χ1n) is 3.39. The molecule has 0 saturated heterocycles. The zero-order valence-corrected chi connectivity index (χ0v) is 6.53. The predicted molar refractivity (Wildman–Crippen MR) is 44.5 cm³/mol. The molecule has 1 amide bonds. The van der Waals surface area contributed by atoms with Crippen LogP contribution in [0.2, 0.25) is 0 Å². The van der Waals surface area contributed by atoms with Gasteiger partial charge in [-0.05, 0) is 30.7 Å². The van der Waals surface area contributed by atoms with E-state index in [-0.39, 0.29) is 5.75 Å². The summed E-state index contributed by atoms with van der Waals surface area (Å²) in [6, 6.07) is 4.50. The van der Waals surface area contributed by atoms with Crippen molar-refractivity contribution in [3.8, 4) is 5.75 Å². The largest absolute Gasteiger partial charge is 0.508 e. The summed E-state index contributed by atoms with van der Waals surface area (Å²) in [6.45, 7) is 1.70. The fourth-order valence-electron chi connectivity index (χ4n) is 0.857. The number of aromatic hydroxyl groups is 1. The van der Waals surface area contributed by atoms with E-state index in [1.807, 2.05) is 0 Å². The van der Waals surface area contributed by atoms with Gasteiger partial charge in [0.25, 0.3) is 0 Å². The van der Waals surface area contributed by atoms with E-state index in [2.05, 4.69) is 5.32 Å². The third-order valence-electron chi connectivity index (χ3n) is 1.45. The van der Waals surface area contributed by atoms with Gasteiger partial charge in [-0.1, -0.05) is 0 Å². The molecule has 3 N–H and O–H groups in total. The Balaban J connectivity index is 2.89. The predicted octanol–water partition coefficient (Wildman–Crippen LogP) is 1.79. The monoisotopic (exact) mass is 167 g/mol. The number of carbonyl (C=O) groups is 1. The van der Waals surface area contributed by atoms with Gasteiger partial charge < -0.3 is 10.2 Å². The standard InChI is InChI=1S/C8H9NO3/c1-5-4-6(9-8(11)12)2-3-7(5)10/h2-4,9-10H,1H3,(H,11,12). The Morgan fingerprint density at radius 2 is 2.17 bits per heavy atom. The maximum Gasteiger partial charge on any atom is 0.409 e. The number of amides is 1. The normalized spacial score (nSPS) is 9.42. The summed E-state index contributed by atoms with van der Waals surface area (Å²) in [4.78, 5) is 10.2. The van der Waals surface area contributed by atoms with Crippen LogP contribution in [0, 0.1) is 6.92 Å². The Labute approximate surface area is 69.5 Å². The van der Waals surface area contributed by atoms with E-state index in [4.69, 9.17) is 10.2 Å². The fraction of sp³-hybridized carbons (Fsp3) is 0.125. The van der Waals surface area contributed by atoms with Gasteiger partial charge in [0.2, 0.25) is 0 Å². The number of carboxylic acid groups (broad SMARTS) is 1. The average Bonchev–Trinajstić information content (AvgIpc) is 1.96. The average molecular weight is 167 g/mol. The molecule has 4 nitrogen and oxygen atoms in total. The minimum Gasteiger partial charge on any atom is -0.508 e. The third kappa shape index (κ3) is 1.88. The van der Waals surface area contributed by atoms with E-state index in [0.29, 0.717) is 11.3 Å². The van der Waals surface area contributed by atoms with Crippen molar-refractivity contribution in [3.05, 3.63) is 23.8 Å². The van der Waals surface area contributed by atoms with Gasteiger partial charge in [-0.3, -0.25) is 5.32 Å². The molecule has 0 atom stereocenters. The number of phenols is 1.